The molecule has 0 aliphatic carbocycles. The Kier molecular flexibility index (Phi) is 4.18. The smallest absolute Gasteiger partial charge is 0.262 e. The number of amides is 2. The molecule has 27 heavy (non-hydrogen) atoms. The van der Waals surface area contributed by atoms with E-state index in [1.165, 1.54) is 12.2 Å². The number of benzene rings is 2. The van der Waals surface area contributed by atoms with E-state index in [9.17, 15) is 14.4 Å². The van der Waals surface area contributed by atoms with Gasteiger partial charge in [-0.05, 0) is 35.7 Å². The molecular weight excluding hydrogens is 346 g/mol. The summed E-state index contributed by atoms with van der Waals surface area (Å²) in [6.07, 6.45) is 2.73. The maximum Gasteiger partial charge on any atom is 0.262 e. The molecule has 3 N–H and O–H groups in total. The Morgan fingerprint density at radius 2 is 1.96 bits per heavy atom. The minimum absolute atomic E-state index is 0.109. The molecule has 7 heteroatoms. The molecule has 0 atom stereocenters. The molecule has 2 heterocycles. The third-order valence-electron chi connectivity index (χ3n) is 4.09. The van der Waals surface area contributed by atoms with Gasteiger partial charge in [0.2, 0.25) is 5.91 Å². The number of pyridine rings is 1. The zero-order valence-electron chi connectivity index (χ0n) is 14.1. The van der Waals surface area contributed by atoms with Crippen LogP contribution < -0.4 is 20.9 Å². The fourth-order valence-electron chi connectivity index (χ4n) is 2.84. The number of nitrogens with one attached hydrogen (secondary N) is 3. The zero-order valence-corrected chi connectivity index (χ0v) is 14.1. The van der Waals surface area contributed by atoms with Gasteiger partial charge < -0.3 is 20.4 Å². The lowest BCUT2D eigenvalue weighted by atomic mass is 10.1. The lowest BCUT2D eigenvalue weighted by Gasteiger charge is -2.20. The van der Waals surface area contributed by atoms with Crippen molar-refractivity contribution >= 4 is 40.2 Å². The van der Waals surface area contributed by atoms with Crippen molar-refractivity contribution in [1.29, 1.82) is 0 Å². The van der Waals surface area contributed by atoms with Crippen molar-refractivity contribution in [1.82, 2.24) is 4.98 Å². The predicted octanol–water partition coefficient (Wildman–Crippen LogP) is 2.51. The van der Waals surface area contributed by atoms with Crippen molar-refractivity contribution in [2.24, 2.45) is 0 Å². The molecule has 0 saturated heterocycles. The molecule has 0 unspecified atom stereocenters. The molecule has 1 aliphatic rings. The fraction of sp³-hybridized carbons (Fsp3) is 0.0500. The van der Waals surface area contributed by atoms with Crippen LogP contribution in [-0.2, 0) is 9.59 Å². The van der Waals surface area contributed by atoms with Crippen LogP contribution in [0, 0.1) is 0 Å². The molecule has 7 nitrogen and oxygen atoms in total. The molecule has 0 radical (unpaired) electrons. The van der Waals surface area contributed by atoms with Gasteiger partial charge in [-0.25, -0.2) is 0 Å². The number of para-hydroxylation sites is 2. The van der Waals surface area contributed by atoms with Crippen molar-refractivity contribution in [3.8, 4) is 5.75 Å². The molecule has 0 spiro atoms. The SMILES string of the molecule is O=C(/C=C/c1cc2ccccc2[nH]c1=O)Nc1cccc2c1OCC(=O)N2. The van der Waals surface area contributed by atoms with Crippen LogP contribution in [0.1, 0.15) is 5.56 Å². The summed E-state index contributed by atoms with van der Waals surface area (Å²) >= 11 is 0. The quantitative estimate of drug-likeness (QED) is 0.624. The lowest BCUT2D eigenvalue weighted by molar-refractivity contribution is -0.118. The van der Waals surface area contributed by atoms with Crippen LogP contribution in [0.2, 0.25) is 0 Å². The Morgan fingerprint density at radius 3 is 2.85 bits per heavy atom. The summed E-state index contributed by atoms with van der Waals surface area (Å²) in [5.74, 6) is -0.264. The van der Waals surface area contributed by atoms with Crippen LogP contribution in [0.3, 0.4) is 0 Å². The second kappa shape index (κ2) is 6.80. The first-order chi connectivity index (χ1) is 13.1. The maximum atomic E-state index is 12.3. The number of aromatic amines is 1. The number of anilines is 2. The highest BCUT2D eigenvalue weighted by Crippen LogP contribution is 2.35. The van der Waals surface area contributed by atoms with Gasteiger partial charge in [-0.2, -0.15) is 0 Å². The van der Waals surface area contributed by atoms with E-state index in [1.54, 1.807) is 24.3 Å². The average Bonchev–Trinajstić information content (AvgIpc) is 2.66. The minimum Gasteiger partial charge on any atom is -0.479 e. The van der Waals surface area contributed by atoms with E-state index in [2.05, 4.69) is 15.6 Å². The summed E-state index contributed by atoms with van der Waals surface area (Å²) in [6, 6.07) is 14.2. The second-order valence-corrected chi connectivity index (χ2v) is 5.98. The van der Waals surface area contributed by atoms with Crippen LogP contribution in [0.15, 0.2) is 59.4 Å². The highest BCUT2D eigenvalue weighted by molar-refractivity contribution is 6.05. The molecule has 0 saturated carbocycles. The van der Waals surface area contributed by atoms with E-state index < -0.39 is 5.91 Å². The molecule has 1 aromatic heterocycles. The first-order valence-corrected chi connectivity index (χ1v) is 8.27. The van der Waals surface area contributed by atoms with Crippen LogP contribution in [-0.4, -0.2) is 23.4 Å². The second-order valence-electron chi connectivity index (χ2n) is 5.98. The molecule has 0 bridgehead atoms. The Labute approximate surface area is 153 Å². The van der Waals surface area contributed by atoms with E-state index in [0.29, 0.717) is 22.7 Å². The normalized spacial score (nSPS) is 13.1. The summed E-state index contributed by atoms with van der Waals surface area (Å²) in [5.41, 5.74) is 1.77. The van der Waals surface area contributed by atoms with Crippen LogP contribution in [0.5, 0.6) is 5.75 Å². The first kappa shape index (κ1) is 16.6. The van der Waals surface area contributed by atoms with Crippen molar-refractivity contribution < 1.29 is 14.3 Å². The summed E-state index contributed by atoms with van der Waals surface area (Å²) in [5, 5.41) is 6.25. The maximum absolute atomic E-state index is 12.3. The topological polar surface area (TPSA) is 100 Å². The summed E-state index contributed by atoms with van der Waals surface area (Å²) in [6.45, 7) is -0.109. The summed E-state index contributed by atoms with van der Waals surface area (Å²) in [4.78, 5) is 38.5. The van der Waals surface area contributed by atoms with E-state index in [1.807, 2.05) is 24.3 Å². The number of aromatic nitrogens is 1. The number of hydrogen-bond acceptors (Lipinski definition) is 4. The first-order valence-electron chi connectivity index (χ1n) is 8.27. The van der Waals surface area contributed by atoms with E-state index in [0.717, 1.165) is 10.9 Å². The van der Waals surface area contributed by atoms with Gasteiger partial charge in [-0.1, -0.05) is 24.3 Å². The van der Waals surface area contributed by atoms with E-state index in [-0.39, 0.29) is 18.1 Å². The molecule has 3 aromatic rings. The molecule has 2 aromatic carbocycles. The number of ether oxygens (including phenoxy) is 1. The Hall–Kier alpha value is -3.87. The van der Waals surface area contributed by atoms with Crippen molar-refractivity contribution in [2.45, 2.75) is 0 Å². The highest BCUT2D eigenvalue weighted by Gasteiger charge is 2.19. The van der Waals surface area contributed by atoms with Gasteiger partial charge in [-0.15, -0.1) is 0 Å². The van der Waals surface area contributed by atoms with Crippen LogP contribution in [0.4, 0.5) is 11.4 Å². The van der Waals surface area contributed by atoms with Crippen molar-refractivity contribution in [2.75, 3.05) is 17.2 Å². The number of carbonyl (C=O) groups excluding carboxylic acids is 2. The van der Waals surface area contributed by atoms with Gasteiger partial charge in [0.25, 0.3) is 11.5 Å². The highest BCUT2D eigenvalue weighted by atomic mass is 16.5. The molecule has 134 valence electrons. The summed E-state index contributed by atoms with van der Waals surface area (Å²) < 4.78 is 5.39. The molecule has 4 rings (SSSR count). The standard InChI is InChI=1S/C20H15N3O4/c24-17(21-15-6-3-7-16-19(15)27-11-18(25)22-16)9-8-13-10-12-4-1-2-5-14(12)23-20(13)26/h1-10H,11H2,(H,21,24)(H,22,25)(H,23,26)/b9-8+. The number of fused-ring (bicyclic) bond motifs is 2. The Morgan fingerprint density at radius 1 is 1.11 bits per heavy atom. The number of hydrogen-bond donors (Lipinski definition) is 3. The van der Waals surface area contributed by atoms with Gasteiger partial charge >= 0.3 is 0 Å². The minimum atomic E-state index is -0.420. The van der Waals surface area contributed by atoms with Crippen molar-refractivity contribution in [3.63, 3.8) is 0 Å². The van der Waals surface area contributed by atoms with Crippen LogP contribution >= 0.6 is 0 Å². The van der Waals surface area contributed by atoms with Crippen LogP contribution in [0.25, 0.3) is 17.0 Å². The van der Waals surface area contributed by atoms with E-state index in [4.69, 9.17) is 4.74 Å². The Balaban J connectivity index is 1.55. The Bertz CT molecular complexity index is 1150. The average molecular weight is 361 g/mol. The van der Waals surface area contributed by atoms with E-state index >= 15 is 0 Å². The predicted molar refractivity (Wildman–Crippen MR) is 103 cm³/mol. The molecule has 2 amide bonds. The van der Waals surface area contributed by atoms with Gasteiger partial charge in [0.15, 0.2) is 12.4 Å². The van der Waals surface area contributed by atoms with Gasteiger partial charge in [0.05, 0.1) is 11.4 Å². The number of carbonyl (C=O) groups is 2. The lowest BCUT2D eigenvalue weighted by Crippen LogP contribution is -2.26. The van der Waals surface area contributed by atoms with Gasteiger partial charge in [-0.3, -0.25) is 14.4 Å². The monoisotopic (exact) mass is 361 g/mol. The largest absolute Gasteiger partial charge is 0.479 e. The number of H-pyrrole nitrogens is 1. The van der Waals surface area contributed by atoms with Gasteiger partial charge in [0.1, 0.15) is 0 Å². The molecular formula is C20H15N3O4. The molecule has 0 fully saturated rings. The molecule has 1 aliphatic heterocycles. The zero-order chi connectivity index (χ0) is 18.8. The number of rotatable bonds is 3. The summed E-state index contributed by atoms with van der Waals surface area (Å²) in [7, 11) is 0. The van der Waals surface area contributed by atoms with Gasteiger partial charge in [0, 0.05) is 17.2 Å². The van der Waals surface area contributed by atoms with Crippen molar-refractivity contribution in [3.05, 3.63) is 70.5 Å². The third kappa shape index (κ3) is 3.43. The fourth-order valence-corrected chi connectivity index (χ4v) is 2.84. The third-order valence-corrected chi connectivity index (χ3v) is 4.09.